The molecule has 2 aliphatic rings. The number of hydrogen-bond donors (Lipinski definition) is 0. The average Bonchev–Trinajstić information content (AvgIpc) is 2.69. The summed E-state index contributed by atoms with van der Waals surface area (Å²) in [5.74, 6) is 0.636. The molecule has 1 aromatic rings. The molecule has 3 rings (SSSR count). The molecule has 1 fully saturated rings. The highest BCUT2D eigenvalue weighted by atomic mass is 16.7. The molecule has 21 heavy (non-hydrogen) atoms. The van der Waals surface area contributed by atoms with Crippen molar-refractivity contribution in [3.05, 3.63) is 47.4 Å². The van der Waals surface area contributed by atoms with E-state index in [1.54, 1.807) is 0 Å². The van der Waals surface area contributed by atoms with Crippen molar-refractivity contribution in [2.24, 2.45) is 0 Å². The lowest BCUT2D eigenvalue weighted by molar-refractivity contribution is 0.00578. The lowest BCUT2D eigenvalue weighted by atomic mass is 9.70. The van der Waals surface area contributed by atoms with Crippen LogP contribution in [0, 0.1) is 0 Å². The number of allylic oxidation sites excluding steroid dienone is 2. The maximum absolute atomic E-state index is 6.15. The third kappa shape index (κ3) is 2.82. The minimum Gasteiger partial charge on any atom is -0.400 e. The predicted molar refractivity (Wildman–Crippen MR) is 87.2 cm³/mol. The summed E-state index contributed by atoms with van der Waals surface area (Å²) in [6.07, 6.45) is 5.67. The fourth-order valence-corrected chi connectivity index (χ4v) is 3.09. The maximum Gasteiger partial charge on any atom is 0.490 e. The van der Waals surface area contributed by atoms with E-state index in [2.05, 4.69) is 64.1 Å². The van der Waals surface area contributed by atoms with Gasteiger partial charge in [-0.05, 0) is 63.9 Å². The highest BCUT2D eigenvalue weighted by molar-refractivity contribution is 6.54. The number of rotatable bonds is 2. The summed E-state index contributed by atoms with van der Waals surface area (Å²) in [6.45, 7) is 8.46. The summed E-state index contributed by atoms with van der Waals surface area (Å²) in [5.41, 5.74) is 2.28. The largest absolute Gasteiger partial charge is 0.490 e. The van der Waals surface area contributed by atoms with Gasteiger partial charge in [-0.3, -0.25) is 0 Å². The second kappa shape index (κ2) is 5.29. The average molecular weight is 284 g/mol. The van der Waals surface area contributed by atoms with Crippen LogP contribution >= 0.6 is 0 Å². The van der Waals surface area contributed by atoms with E-state index < -0.39 is 0 Å². The first kappa shape index (κ1) is 14.9. The van der Waals surface area contributed by atoms with Crippen molar-refractivity contribution in [2.75, 3.05) is 0 Å². The van der Waals surface area contributed by atoms with Gasteiger partial charge in [0.1, 0.15) is 0 Å². The van der Waals surface area contributed by atoms with Gasteiger partial charge in [0.15, 0.2) is 0 Å². The molecule has 1 aliphatic heterocycles. The molecule has 0 unspecified atom stereocenters. The molecule has 1 aromatic carbocycles. The molecule has 0 saturated carbocycles. The zero-order valence-electron chi connectivity index (χ0n) is 13.6. The zero-order valence-corrected chi connectivity index (χ0v) is 13.6. The molecule has 1 saturated heterocycles. The van der Waals surface area contributed by atoms with Gasteiger partial charge in [0.25, 0.3) is 0 Å². The lowest BCUT2D eigenvalue weighted by Crippen LogP contribution is -2.41. The van der Waals surface area contributed by atoms with Crippen molar-refractivity contribution in [3.8, 4) is 0 Å². The molecule has 0 spiro atoms. The molecule has 1 aliphatic carbocycles. The standard InChI is InChI=1S/C18H25BO2/c1-17(2)18(3,4)21-19(20-17)16-12-10-15(11-13-16)14-8-6-5-7-9-14/h5-9,12,15H,10-11,13H2,1-4H3/t15-/m0/s1. The minimum atomic E-state index is -0.241. The zero-order chi connectivity index (χ0) is 15.1. The van der Waals surface area contributed by atoms with E-state index in [1.165, 1.54) is 17.5 Å². The van der Waals surface area contributed by atoms with Crippen LogP contribution in [-0.2, 0) is 9.31 Å². The van der Waals surface area contributed by atoms with Gasteiger partial charge in [-0.15, -0.1) is 0 Å². The van der Waals surface area contributed by atoms with E-state index >= 15 is 0 Å². The van der Waals surface area contributed by atoms with Gasteiger partial charge in [0, 0.05) is 0 Å². The Morgan fingerprint density at radius 1 is 1.00 bits per heavy atom. The fourth-order valence-electron chi connectivity index (χ4n) is 3.09. The predicted octanol–water partition coefficient (Wildman–Crippen LogP) is 4.51. The molecule has 0 N–H and O–H groups in total. The maximum atomic E-state index is 6.15. The first-order valence-electron chi connectivity index (χ1n) is 7.98. The quantitative estimate of drug-likeness (QED) is 0.744. The first-order chi connectivity index (χ1) is 9.89. The Kier molecular flexibility index (Phi) is 3.75. The molecule has 0 radical (unpaired) electrons. The van der Waals surface area contributed by atoms with Crippen molar-refractivity contribution < 1.29 is 9.31 Å². The van der Waals surface area contributed by atoms with E-state index in [-0.39, 0.29) is 18.3 Å². The highest BCUT2D eigenvalue weighted by Crippen LogP contribution is 2.41. The summed E-state index contributed by atoms with van der Waals surface area (Å²) in [4.78, 5) is 0. The Hall–Kier alpha value is -1.06. The van der Waals surface area contributed by atoms with E-state index in [0.29, 0.717) is 5.92 Å². The van der Waals surface area contributed by atoms with Gasteiger partial charge < -0.3 is 9.31 Å². The SMILES string of the molecule is CC1(C)OB(C2=CC[C@H](c3ccccc3)CC2)OC1(C)C. The van der Waals surface area contributed by atoms with E-state index in [4.69, 9.17) is 9.31 Å². The van der Waals surface area contributed by atoms with Crippen LogP contribution < -0.4 is 0 Å². The normalized spacial score (nSPS) is 27.5. The topological polar surface area (TPSA) is 18.5 Å². The Morgan fingerprint density at radius 3 is 2.14 bits per heavy atom. The van der Waals surface area contributed by atoms with E-state index in [0.717, 1.165) is 12.8 Å². The molecule has 112 valence electrons. The van der Waals surface area contributed by atoms with Gasteiger partial charge in [-0.2, -0.15) is 0 Å². The van der Waals surface area contributed by atoms with Crippen molar-refractivity contribution in [1.29, 1.82) is 0 Å². The Bertz CT molecular complexity index is 517. The molecule has 3 heteroatoms. The third-order valence-corrected chi connectivity index (χ3v) is 5.27. The summed E-state index contributed by atoms with van der Waals surface area (Å²) in [7, 11) is -0.160. The molecule has 2 nitrogen and oxygen atoms in total. The van der Waals surface area contributed by atoms with Crippen LogP contribution in [-0.4, -0.2) is 18.3 Å². The summed E-state index contributed by atoms with van der Waals surface area (Å²) in [6, 6.07) is 10.8. The first-order valence-corrected chi connectivity index (χ1v) is 7.98. The molecule has 0 amide bonds. The van der Waals surface area contributed by atoms with Gasteiger partial charge in [0.05, 0.1) is 11.2 Å². The van der Waals surface area contributed by atoms with Crippen LogP contribution in [0.2, 0.25) is 0 Å². The Labute approximate surface area is 128 Å². The van der Waals surface area contributed by atoms with Crippen LogP contribution in [0.15, 0.2) is 41.9 Å². The number of hydrogen-bond acceptors (Lipinski definition) is 2. The minimum absolute atomic E-state index is 0.160. The lowest BCUT2D eigenvalue weighted by Gasteiger charge is -2.32. The monoisotopic (exact) mass is 284 g/mol. The smallest absolute Gasteiger partial charge is 0.400 e. The van der Waals surface area contributed by atoms with Crippen LogP contribution in [0.25, 0.3) is 0 Å². The molecule has 0 aromatic heterocycles. The number of benzene rings is 1. The molecule has 0 bridgehead atoms. The van der Waals surface area contributed by atoms with Gasteiger partial charge in [-0.1, -0.05) is 36.4 Å². The summed E-state index contributed by atoms with van der Waals surface area (Å²) >= 11 is 0. The van der Waals surface area contributed by atoms with Crippen LogP contribution in [0.5, 0.6) is 0 Å². The molecule has 1 atom stereocenters. The van der Waals surface area contributed by atoms with Crippen LogP contribution in [0.4, 0.5) is 0 Å². The summed E-state index contributed by atoms with van der Waals surface area (Å²) < 4.78 is 12.3. The van der Waals surface area contributed by atoms with Crippen molar-refractivity contribution in [2.45, 2.75) is 64.1 Å². The molecular weight excluding hydrogens is 259 g/mol. The van der Waals surface area contributed by atoms with Crippen molar-refractivity contribution >= 4 is 7.12 Å². The second-order valence-corrected chi connectivity index (χ2v) is 7.25. The van der Waals surface area contributed by atoms with Crippen molar-refractivity contribution in [3.63, 3.8) is 0 Å². The second-order valence-electron chi connectivity index (χ2n) is 7.25. The van der Waals surface area contributed by atoms with E-state index in [1.807, 2.05) is 0 Å². The highest BCUT2D eigenvalue weighted by Gasteiger charge is 2.52. The summed E-state index contributed by atoms with van der Waals surface area (Å²) in [5, 5.41) is 0. The van der Waals surface area contributed by atoms with Gasteiger partial charge in [-0.25, -0.2) is 0 Å². The fraction of sp³-hybridized carbons (Fsp3) is 0.556. The van der Waals surface area contributed by atoms with Gasteiger partial charge in [0.2, 0.25) is 0 Å². The van der Waals surface area contributed by atoms with Gasteiger partial charge >= 0.3 is 7.12 Å². The third-order valence-electron chi connectivity index (χ3n) is 5.27. The Balaban J connectivity index is 1.69. The van der Waals surface area contributed by atoms with Crippen LogP contribution in [0.1, 0.15) is 58.4 Å². The van der Waals surface area contributed by atoms with Crippen molar-refractivity contribution in [1.82, 2.24) is 0 Å². The van der Waals surface area contributed by atoms with E-state index in [9.17, 15) is 0 Å². The molecule has 1 heterocycles. The van der Waals surface area contributed by atoms with Crippen LogP contribution in [0.3, 0.4) is 0 Å². The molecular formula is C18H25BO2. The Morgan fingerprint density at radius 2 is 1.62 bits per heavy atom.